The summed E-state index contributed by atoms with van der Waals surface area (Å²) in [4.78, 5) is 19.1. The van der Waals surface area contributed by atoms with E-state index in [9.17, 15) is 9.18 Å². The molecule has 0 spiro atoms. The second-order valence-electron chi connectivity index (χ2n) is 6.42. The van der Waals surface area contributed by atoms with E-state index in [0.29, 0.717) is 17.9 Å². The summed E-state index contributed by atoms with van der Waals surface area (Å²) in [5, 5.41) is 5.82. The van der Waals surface area contributed by atoms with Crippen molar-refractivity contribution in [1.82, 2.24) is 15.2 Å². The van der Waals surface area contributed by atoms with Crippen LogP contribution in [0.4, 0.5) is 15.9 Å². The van der Waals surface area contributed by atoms with Gasteiger partial charge in [-0.3, -0.25) is 9.69 Å². The van der Waals surface area contributed by atoms with Crippen LogP contribution in [-0.2, 0) is 4.74 Å². The molecule has 0 unspecified atom stereocenters. The molecule has 144 valence electrons. The standard InChI is InChI=1S/C20H25FN4O2/c21-17-7-1-2-8-18(17)24-19-16(6-5-10-22-19)20(26)23-9-3-4-11-25-12-14-27-15-13-25/h1-2,5-8,10H,3-4,9,11-15H2,(H,22,24)(H,23,26). The van der Waals surface area contributed by atoms with E-state index in [1.54, 1.807) is 36.5 Å². The van der Waals surface area contributed by atoms with Crippen molar-refractivity contribution in [1.29, 1.82) is 0 Å². The van der Waals surface area contributed by atoms with Crippen LogP contribution < -0.4 is 10.6 Å². The van der Waals surface area contributed by atoms with Crippen LogP contribution in [-0.4, -0.2) is 55.2 Å². The molecule has 2 aromatic rings. The molecule has 0 saturated carbocycles. The molecule has 0 radical (unpaired) electrons. The predicted octanol–water partition coefficient (Wildman–Crippen LogP) is 2.81. The van der Waals surface area contributed by atoms with Crippen molar-refractivity contribution in [2.24, 2.45) is 0 Å². The number of ether oxygens (including phenoxy) is 1. The van der Waals surface area contributed by atoms with Crippen molar-refractivity contribution < 1.29 is 13.9 Å². The number of anilines is 2. The highest BCUT2D eigenvalue weighted by molar-refractivity contribution is 5.99. The molecule has 27 heavy (non-hydrogen) atoms. The first kappa shape index (κ1) is 19.3. The second kappa shape index (κ2) is 9.99. The van der Waals surface area contributed by atoms with E-state index in [1.165, 1.54) is 6.07 Å². The maximum absolute atomic E-state index is 13.8. The van der Waals surface area contributed by atoms with E-state index >= 15 is 0 Å². The van der Waals surface area contributed by atoms with Crippen LogP contribution in [0.3, 0.4) is 0 Å². The summed E-state index contributed by atoms with van der Waals surface area (Å²) in [6, 6.07) is 9.68. The van der Waals surface area contributed by atoms with E-state index in [-0.39, 0.29) is 11.6 Å². The Bertz CT molecular complexity index is 750. The number of hydrogen-bond donors (Lipinski definition) is 2. The minimum atomic E-state index is -0.391. The molecule has 2 heterocycles. The lowest BCUT2D eigenvalue weighted by molar-refractivity contribution is 0.0372. The summed E-state index contributed by atoms with van der Waals surface area (Å²) in [6.45, 7) is 5.18. The van der Waals surface area contributed by atoms with Crippen molar-refractivity contribution in [3.63, 3.8) is 0 Å². The molecular formula is C20H25FN4O2. The third-order valence-electron chi connectivity index (χ3n) is 4.47. The van der Waals surface area contributed by atoms with Crippen LogP contribution >= 0.6 is 0 Å². The number of amides is 1. The van der Waals surface area contributed by atoms with Crippen molar-refractivity contribution in [3.8, 4) is 0 Å². The highest BCUT2D eigenvalue weighted by Crippen LogP contribution is 2.20. The minimum Gasteiger partial charge on any atom is -0.379 e. The maximum Gasteiger partial charge on any atom is 0.255 e. The largest absolute Gasteiger partial charge is 0.379 e. The van der Waals surface area contributed by atoms with E-state index in [0.717, 1.165) is 45.7 Å². The predicted molar refractivity (Wildman–Crippen MR) is 103 cm³/mol. The van der Waals surface area contributed by atoms with Gasteiger partial charge in [-0.25, -0.2) is 9.37 Å². The van der Waals surface area contributed by atoms with Gasteiger partial charge in [0.25, 0.3) is 5.91 Å². The molecule has 1 fully saturated rings. The number of benzene rings is 1. The smallest absolute Gasteiger partial charge is 0.255 e. The van der Waals surface area contributed by atoms with Crippen molar-refractivity contribution >= 4 is 17.4 Å². The number of morpholine rings is 1. The van der Waals surface area contributed by atoms with Gasteiger partial charge < -0.3 is 15.4 Å². The molecule has 1 aromatic heterocycles. The number of hydrogen-bond acceptors (Lipinski definition) is 5. The van der Waals surface area contributed by atoms with Crippen LogP contribution in [0.5, 0.6) is 0 Å². The molecule has 1 amide bonds. The topological polar surface area (TPSA) is 66.5 Å². The number of para-hydroxylation sites is 1. The van der Waals surface area contributed by atoms with E-state index in [4.69, 9.17) is 4.74 Å². The number of aromatic nitrogens is 1. The van der Waals surface area contributed by atoms with Crippen molar-refractivity contribution in [2.75, 3.05) is 44.7 Å². The lowest BCUT2D eigenvalue weighted by Gasteiger charge is -2.26. The summed E-state index contributed by atoms with van der Waals surface area (Å²) < 4.78 is 19.2. The van der Waals surface area contributed by atoms with Gasteiger partial charge in [-0.05, 0) is 43.7 Å². The van der Waals surface area contributed by atoms with Gasteiger partial charge in [-0.15, -0.1) is 0 Å². The Morgan fingerprint density at radius 3 is 2.78 bits per heavy atom. The van der Waals surface area contributed by atoms with Gasteiger partial charge in [-0.2, -0.15) is 0 Å². The number of nitrogens with one attached hydrogen (secondary N) is 2. The van der Waals surface area contributed by atoms with Crippen LogP contribution in [0.15, 0.2) is 42.6 Å². The Morgan fingerprint density at radius 2 is 1.96 bits per heavy atom. The number of carbonyl (C=O) groups excluding carboxylic acids is 1. The Labute approximate surface area is 158 Å². The van der Waals surface area contributed by atoms with Crippen LogP contribution in [0.1, 0.15) is 23.2 Å². The van der Waals surface area contributed by atoms with Gasteiger partial charge in [-0.1, -0.05) is 12.1 Å². The van der Waals surface area contributed by atoms with E-state index < -0.39 is 5.82 Å². The van der Waals surface area contributed by atoms with Crippen molar-refractivity contribution in [3.05, 3.63) is 54.0 Å². The van der Waals surface area contributed by atoms with Gasteiger partial charge in [0.05, 0.1) is 24.5 Å². The van der Waals surface area contributed by atoms with Crippen LogP contribution in [0.2, 0.25) is 0 Å². The molecule has 6 nitrogen and oxygen atoms in total. The van der Waals surface area contributed by atoms with Gasteiger partial charge in [0.2, 0.25) is 0 Å². The monoisotopic (exact) mass is 372 g/mol. The Hall–Kier alpha value is -2.51. The SMILES string of the molecule is O=C(NCCCCN1CCOCC1)c1cccnc1Nc1ccccc1F. The first-order valence-corrected chi connectivity index (χ1v) is 9.29. The summed E-state index contributed by atoms with van der Waals surface area (Å²) in [5.41, 5.74) is 0.685. The normalized spacial score (nSPS) is 14.7. The van der Waals surface area contributed by atoms with E-state index in [1.807, 2.05) is 0 Å². The average Bonchev–Trinajstić information content (AvgIpc) is 2.70. The number of unbranched alkanes of at least 4 members (excludes halogenated alkanes) is 1. The molecule has 0 atom stereocenters. The molecule has 1 aromatic carbocycles. The summed E-state index contributed by atoms with van der Waals surface area (Å²) in [6.07, 6.45) is 3.50. The molecule has 0 bridgehead atoms. The molecular weight excluding hydrogens is 347 g/mol. The number of carbonyl (C=O) groups is 1. The molecule has 1 aliphatic heterocycles. The Morgan fingerprint density at radius 1 is 1.15 bits per heavy atom. The summed E-state index contributed by atoms with van der Waals surface area (Å²) >= 11 is 0. The molecule has 2 N–H and O–H groups in total. The van der Waals surface area contributed by atoms with Gasteiger partial charge in [0.1, 0.15) is 11.6 Å². The maximum atomic E-state index is 13.8. The first-order chi connectivity index (χ1) is 13.2. The molecule has 3 rings (SSSR count). The fourth-order valence-electron chi connectivity index (χ4n) is 2.96. The fraction of sp³-hybridized carbons (Fsp3) is 0.400. The number of pyridine rings is 1. The van der Waals surface area contributed by atoms with Crippen LogP contribution in [0, 0.1) is 5.82 Å². The third kappa shape index (κ3) is 5.74. The van der Waals surface area contributed by atoms with Gasteiger partial charge in [0, 0.05) is 25.8 Å². The zero-order valence-corrected chi connectivity index (χ0v) is 15.3. The zero-order chi connectivity index (χ0) is 18.9. The quantitative estimate of drug-likeness (QED) is 0.698. The highest BCUT2D eigenvalue weighted by atomic mass is 19.1. The molecule has 7 heteroatoms. The first-order valence-electron chi connectivity index (χ1n) is 9.29. The average molecular weight is 372 g/mol. The fourth-order valence-corrected chi connectivity index (χ4v) is 2.96. The van der Waals surface area contributed by atoms with Crippen molar-refractivity contribution in [2.45, 2.75) is 12.8 Å². The zero-order valence-electron chi connectivity index (χ0n) is 15.3. The highest BCUT2D eigenvalue weighted by Gasteiger charge is 2.14. The number of rotatable bonds is 8. The third-order valence-corrected chi connectivity index (χ3v) is 4.47. The summed E-state index contributed by atoms with van der Waals surface area (Å²) in [5.74, 6) is -0.264. The summed E-state index contributed by atoms with van der Waals surface area (Å²) in [7, 11) is 0. The lowest BCUT2D eigenvalue weighted by atomic mass is 10.2. The van der Waals surface area contributed by atoms with E-state index in [2.05, 4.69) is 20.5 Å². The van der Waals surface area contributed by atoms with Gasteiger partial charge in [0.15, 0.2) is 0 Å². The number of halogens is 1. The molecule has 0 aliphatic carbocycles. The Kier molecular flexibility index (Phi) is 7.12. The minimum absolute atomic E-state index is 0.215. The lowest BCUT2D eigenvalue weighted by Crippen LogP contribution is -2.37. The Balaban J connectivity index is 1.49. The van der Waals surface area contributed by atoms with Gasteiger partial charge >= 0.3 is 0 Å². The second-order valence-corrected chi connectivity index (χ2v) is 6.42. The molecule has 1 saturated heterocycles. The van der Waals surface area contributed by atoms with Crippen LogP contribution in [0.25, 0.3) is 0 Å². The number of nitrogens with zero attached hydrogens (tertiary/aromatic N) is 2. The molecule has 1 aliphatic rings.